The standard InChI is InChI=1S/C11H18ClNO2/c1-2-3-4-5-6-7-14-11-13-10(8-12)9-15-11/h9H,2-8H2,1H3. The SMILES string of the molecule is CCCCCCCOc1nc(CCl)co1. The van der Waals surface area contributed by atoms with E-state index in [-0.39, 0.29) is 0 Å². The number of nitrogens with zero attached hydrogens (tertiary/aromatic N) is 1. The molecule has 0 amide bonds. The monoisotopic (exact) mass is 231 g/mol. The molecule has 0 aliphatic carbocycles. The third-order valence-electron chi connectivity index (χ3n) is 2.14. The average molecular weight is 232 g/mol. The second-order valence-corrected chi connectivity index (χ2v) is 3.77. The molecule has 1 aromatic heterocycles. The molecule has 1 heterocycles. The van der Waals surface area contributed by atoms with Crippen LogP contribution in [0.15, 0.2) is 10.7 Å². The van der Waals surface area contributed by atoms with Crippen molar-refractivity contribution in [3.05, 3.63) is 12.0 Å². The van der Waals surface area contributed by atoms with E-state index in [2.05, 4.69) is 11.9 Å². The summed E-state index contributed by atoms with van der Waals surface area (Å²) in [5.74, 6) is 0.364. The van der Waals surface area contributed by atoms with Gasteiger partial charge < -0.3 is 9.15 Å². The highest BCUT2D eigenvalue weighted by molar-refractivity contribution is 6.16. The summed E-state index contributed by atoms with van der Waals surface area (Å²) in [5.41, 5.74) is 0.720. The molecule has 0 N–H and O–H groups in total. The number of unbranched alkanes of at least 4 members (excludes halogenated alkanes) is 4. The molecule has 0 unspecified atom stereocenters. The third kappa shape index (κ3) is 5.07. The Morgan fingerprint density at radius 3 is 2.80 bits per heavy atom. The molecule has 0 radical (unpaired) electrons. The topological polar surface area (TPSA) is 35.3 Å². The van der Waals surface area contributed by atoms with Gasteiger partial charge in [0, 0.05) is 0 Å². The van der Waals surface area contributed by atoms with Crippen molar-refractivity contribution in [3.8, 4) is 6.08 Å². The van der Waals surface area contributed by atoms with E-state index in [1.165, 1.54) is 31.9 Å². The van der Waals surface area contributed by atoms with E-state index in [1.807, 2.05) is 0 Å². The first kappa shape index (κ1) is 12.4. The van der Waals surface area contributed by atoms with Gasteiger partial charge in [-0.1, -0.05) is 32.6 Å². The van der Waals surface area contributed by atoms with Crippen molar-refractivity contribution in [3.63, 3.8) is 0 Å². The van der Waals surface area contributed by atoms with Crippen LogP contribution in [0.4, 0.5) is 0 Å². The van der Waals surface area contributed by atoms with E-state index < -0.39 is 0 Å². The molecule has 0 saturated carbocycles. The summed E-state index contributed by atoms with van der Waals surface area (Å²) in [7, 11) is 0. The van der Waals surface area contributed by atoms with E-state index in [0.717, 1.165) is 12.1 Å². The largest absolute Gasteiger partial charge is 0.450 e. The minimum Gasteiger partial charge on any atom is -0.450 e. The first-order chi connectivity index (χ1) is 7.36. The van der Waals surface area contributed by atoms with Crippen LogP contribution in [0.3, 0.4) is 0 Å². The van der Waals surface area contributed by atoms with Crippen molar-refractivity contribution in [2.24, 2.45) is 0 Å². The molecule has 1 aromatic rings. The normalized spacial score (nSPS) is 10.5. The molecule has 0 aliphatic heterocycles. The molecule has 0 aliphatic rings. The van der Waals surface area contributed by atoms with E-state index in [1.54, 1.807) is 0 Å². The zero-order chi connectivity index (χ0) is 10.9. The number of hydrogen-bond acceptors (Lipinski definition) is 3. The summed E-state index contributed by atoms with van der Waals surface area (Å²) < 4.78 is 10.4. The summed E-state index contributed by atoms with van der Waals surface area (Å²) >= 11 is 5.58. The van der Waals surface area contributed by atoms with Gasteiger partial charge in [0.15, 0.2) is 0 Å². The van der Waals surface area contributed by atoms with Crippen LogP contribution in [0.25, 0.3) is 0 Å². The number of rotatable bonds is 8. The van der Waals surface area contributed by atoms with Gasteiger partial charge in [0.2, 0.25) is 0 Å². The molecule has 3 nitrogen and oxygen atoms in total. The Labute approximate surface area is 95.8 Å². The summed E-state index contributed by atoms with van der Waals surface area (Å²) in [4.78, 5) is 4.04. The molecule has 0 aromatic carbocycles. The molecular weight excluding hydrogens is 214 g/mol. The van der Waals surface area contributed by atoms with Crippen LogP contribution in [0.1, 0.15) is 44.7 Å². The van der Waals surface area contributed by atoms with Crippen LogP contribution >= 0.6 is 11.6 Å². The zero-order valence-corrected chi connectivity index (χ0v) is 9.92. The maximum Gasteiger partial charge on any atom is 0.393 e. The van der Waals surface area contributed by atoms with Crippen LogP contribution < -0.4 is 4.74 Å². The minimum absolute atomic E-state index is 0.334. The average Bonchev–Trinajstić information content (AvgIpc) is 2.71. The van der Waals surface area contributed by atoms with E-state index in [9.17, 15) is 0 Å². The molecule has 0 spiro atoms. The minimum atomic E-state index is 0.334. The first-order valence-electron chi connectivity index (χ1n) is 5.50. The molecule has 1 rings (SSSR count). The zero-order valence-electron chi connectivity index (χ0n) is 9.17. The smallest absolute Gasteiger partial charge is 0.393 e. The maximum atomic E-state index is 5.58. The number of ether oxygens (including phenoxy) is 1. The van der Waals surface area contributed by atoms with Gasteiger partial charge in [0.25, 0.3) is 0 Å². The highest BCUT2D eigenvalue weighted by Crippen LogP contribution is 2.12. The Bertz CT molecular complexity index is 263. The fraction of sp³-hybridized carbons (Fsp3) is 0.727. The van der Waals surface area contributed by atoms with E-state index in [0.29, 0.717) is 18.6 Å². The summed E-state index contributed by atoms with van der Waals surface area (Å²) in [6, 6.07) is 0. The van der Waals surface area contributed by atoms with Gasteiger partial charge in [-0.2, -0.15) is 4.98 Å². The fourth-order valence-corrected chi connectivity index (χ4v) is 1.40. The van der Waals surface area contributed by atoms with Crippen molar-refractivity contribution < 1.29 is 9.15 Å². The molecule has 0 atom stereocenters. The van der Waals surface area contributed by atoms with Gasteiger partial charge in [-0.15, -0.1) is 11.6 Å². The quantitative estimate of drug-likeness (QED) is 0.505. The highest BCUT2D eigenvalue weighted by Gasteiger charge is 2.02. The van der Waals surface area contributed by atoms with Gasteiger partial charge in [-0.05, 0) is 6.42 Å². The lowest BCUT2D eigenvalue weighted by molar-refractivity contribution is 0.224. The summed E-state index contributed by atoms with van der Waals surface area (Å²) in [6.07, 6.45) is 7.96. The van der Waals surface area contributed by atoms with Crippen LogP contribution in [0.2, 0.25) is 0 Å². The van der Waals surface area contributed by atoms with Crippen molar-refractivity contribution >= 4 is 11.6 Å². The lowest BCUT2D eigenvalue weighted by Gasteiger charge is -2.00. The molecule has 0 fully saturated rings. The summed E-state index contributed by atoms with van der Waals surface area (Å²) in [5, 5.41) is 0. The lowest BCUT2D eigenvalue weighted by Crippen LogP contribution is -1.97. The molecule has 4 heteroatoms. The van der Waals surface area contributed by atoms with Crippen LogP contribution in [-0.2, 0) is 5.88 Å². The van der Waals surface area contributed by atoms with Gasteiger partial charge in [0.05, 0.1) is 18.2 Å². The van der Waals surface area contributed by atoms with Crippen LogP contribution in [-0.4, -0.2) is 11.6 Å². The lowest BCUT2D eigenvalue weighted by atomic mass is 10.2. The second-order valence-electron chi connectivity index (χ2n) is 3.50. The number of oxazole rings is 1. The Morgan fingerprint density at radius 2 is 2.13 bits per heavy atom. The number of aromatic nitrogens is 1. The predicted molar refractivity (Wildman–Crippen MR) is 60.3 cm³/mol. The van der Waals surface area contributed by atoms with Crippen molar-refractivity contribution in [1.82, 2.24) is 4.98 Å². The Morgan fingerprint density at radius 1 is 1.33 bits per heavy atom. The number of alkyl halides is 1. The molecular formula is C11H18ClNO2. The van der Waals surface area contributed by atoms with Crippen LogP contribution in [0, 0.1) is 0 Å². The van der Waals surface area contributed by atoms with Crippen molar-refractivity contribution in [2.75, 3.05) is 6.61 Å². The molecule has 0 bridgehead atoms. The van der Waals surface area contributed by atoms with Gasteiger partial charge >= 0.3 is 6.08 Å². The van der Waals surface area contributed by atoms with Gasteiger partial charge in [-0.3, -0.25) is 0 Å². The number of hydrogen-bond donors (Lipinski definition) is 0. The highest BCUT2D eigenvalue weighted by atomic mass is 35.5. The van der Waals surface area contributed by atoms with Gasteiger partial charge in [-0.25, -0.2) is 0 Å². The predicted octanol–water partition coefficient (Wildman–Crippen LogP) is 3.76. The molecule has 0 saturated heterocycles. The second kappa shape index (κ2) is 7.57. The van der Waals surface area contributed by atoms with E-state index in [4.69, 9.17) is 20.8 Å². The molecule has 86 valence electrons. The molecule has 15 heavy (non-hydrogen) atoms. The third-order valence-corrected chi connectivity index (χ3v) is 2.41. The van der Waals surface area contributed by atoms with Gasteiger partial charge in [0.1, 0.15) is 6.26 Å². The van der Waals surface area contributed by atoms with Crippen LogP contribution in [0.5, 0.6) is 6.08 Å². The Hall–Kier alpha value is -0.700. The van der Waals surface area contributed by atoms with E-state index >= 15 is 0 Å². The summed E-state index contributed by atoms with van der Waals surface area (Å²) in [6.45, 7) is 2.88. The van der Waals surface area contributed by atoms with Crippen molar-refractivity contribution in [1.29, 1.82) is 0 Å². The van der Waals surface area contributed by atoms with Crippen molar-refractivity contribution in [2.45, 2.75) is 44.9 Å². The first-order valence-corrected chi connectivity index (χ1v) is 6.03. The Balaban J connectivity index is 2.04. The maximum absolute atomic E-state index is 5.58. The Kier molecular flexibility index (Phi) is 6.25. The number of halogens is 1. The fourth-order valence-electron chi connectivity index (χ4n) is 1.28.